The lowest BCUT2D eigenvalue weighted by Crippen LogP contribution is -2.29. The fourth-order valence-electron chi connectivity index (χ4n) is 4.16. The van der Waals surface area contributed by atoms with Crippen LogP contribution >= 0.6 is 0 Å². The summed E-state index contributed by atoms with van der Waals surface area (Å²) >= 11 is 0. The van der Waals surface area contributed by atoms with Gasteiger partial charge in [0, 0.05) is 25.8 Å². The number of hydrogen-bond donors (Lipinski definition) is 2. The summed E-state index contributed by atoms with van der Waals surface area (Å²) in [5.74, 6) is 0.756. The largest absolute Gasteiger partial charge is 0.506 e. The molecular weight excluding hydrogens is 337 g/mol. The minimum atomic E-state index is -0.675. The Labute approximate surface area is 151 Å². The number of aromatic hydroxyl groups is 1. The molecule has 1 saturated carbocycles. The van der Waals surface area contributed by atoms with E-state index in [-0.39, 0.29) is 17.6 Å². The third kappa shape index (κ3) is 3.64. The average molecular weight is 359 g/mol. The van der Waals surface area contributed by atoms with Gasteiger partial charge in [0.05, 0.1) is 18.0 Å². The first-order valence-corrected chi connectivity index (χ1v) is 8.91. The van der Waals surface area contributed by atoms with Gasteiger partial charge in [0.2, 0.25) is 0 Å². The molecule has 2 aromatic heterocycles. The van der Waals surface area contributed by atoms with Gasteiger partial charge in [0.1, 0.15) is 11.9 Å². The van der Waals surface area contributed by atoms with E-state index in [1.807, 2.05) is 0 Å². The van der Waals surface area contributed by atoms with E-state index in [0.29, 0.717) is 24.1 Å². The molecule has 2 fully saturated rings. The summed E-state index contributed by atoms with van der Waals surface area (Å²) in [7, 11) is 0. The highest BCUT2D eigenvalue weighted by molar-refractivity contribution is 5.20. The molecule has 1 aliphatic carbocycles. The van der Waals surface area contributed by atoms with Gasteiger partial charge in [0.15, 0.2) is 5.75 Å². The van der Waals surface area contributed by atoms with E-state index in [1.54, 1.807) is 18.2 Å². The number of likely N-dealkylation sites (tertiary alicyclic amines) is 1. The van der Waals surface area contributed by atoms with E-state index in [9.17, 15) is 14.6 Å². The van der Waals surface area contributed by atoms with E-state index in [0.717, 1.165) is 25.9 Å². The first kappa shape index (κ1) is 17.2. The van der Waals surface area contributed by atoms with E-state index in [4.69, 9.17) is 4.74 Å². The average Bonchev–Trinajstić information content (AvgIpc) is 3.15. The molecule has 1 unspecified atom stereocenters. The number of hydrogen-bond acceptors (Lipinski definition) is 6. The molecule has 2 aromatic rings. The number of ether oxygens (including phenoxy) is 1. The first-order chi connectivity index (χ1) is 12.6. The van der Waals surface area contributed by atoms with Crippen molar-refractivity contribution in [2.45, 2.75) is 25.0 Å². The van der Waals surface area contributed by atoms with Crippen LogP contribution < -0.4 is 4.74 Å². The topological polar surface area (TPSA) is 78.7 Å². The number of pyridine rings is 2. The Morgan fingerprint density at radius 3 is 2.62 bits per heavy atom. The molecule has 2 N–H and O–H groups in total. The minimum absolute atomic E-state index is 0.0227. The molecule has 4 rings (SSSR count). The number of rotatable bonds is 5. The van der Waals surface area contributed by atoms with Gasteiger partial charge in [-0.15, -0.1) is 0 Å². The Morgan fingerprint density at radius 1 is 1.19 bits per heavy atom. The third-order valence-electron chi connectivity index (χ3n) is 5.35. The van der Waals surface area contributed by atoms with Crippen molar-refractivity contribution in [2.24, 2.45) is 11.8 Å². The van der Waals surface area contributed by atoms with Crippen LogP contribution in [0.4, 0.5) is 4.39 Å². The van der Waals surface area contributed by atoms with Crippen molar-refractivity contribution in [2.75, 3.05) is 19.6 Å². The SMILES string of the molecule is Oc1ccc([C@@H](O)CN2CC3C[C@@H](Oc4cccnc4F)C[C@@H]3C2)nc1. The first-order valence-electron chi connectivity index (χ1n) is 8.91. The van der Waals surface area contributed by atoms with Crippen LogP contribution in [0.25, 0.3) is 0 Å². The third-order valence-corrected chi connectivity index (χ3v) is 5.35. The molecule has 0 amide bonds. The van der Waals surface area contributed by atoms with Crippen molar-refractivity contribution < 1.29 is 19.3 Å². The number of aromatic nitrogens is 2. The zero-order valence-electron chi connectivity index (χ0n) is 14.3. The zero-order chi connectivity index (χ0) is 18.1. The molecule has 6 nitrogen and oxygen atoms in total. The Balaban J connectivity index is 1.29. The Hall–Kier alpha value is -2.25. The zero-order valence-corrected chi connectivity index (χ0v) is 14.3. The number of β-amino-alcohol motifs (C(OH)–C–C–N with tert-alkyl or cyclic N) is 1. The molecule has 4 atom stereocenters. The highest BCUT2D eigenvalue weighted by atomic mass is 19.1. The van der Waals surface area contributed by atoms with Crippen molar-refractivity contribution >= 4 is 0 Å². The van der Waals surface area contributed by atoms with Gasteiger partial charge in [-0.3, -0.25) is 9.88 Å². The summed E-state index contributed by atoms with van der Waals surface area (Å²) in [6.07, 6.45) is 3.89. The van der Waals surface area contributed by atoms with E-state index >= 15 is 0 Å². The number of aliphatic hydroxyl groups excluding tert-OH is 1. The molecule has 0 radical (unpaired) electrons. The Bertz CT molecular complexity index is 744. The van der Waals surface area contributed by atoms with Gasteiger partial charge in [0.25, 0.3) is 5.95 Å². The Kier molecular flexibility index (Phi) is 4.74. The molecule has 1 aliphatic heterocycles. The monoisotopic (exact) mass is 359 g/mol. The molecule has 138 valence electrons. The van der Waals surface area contributed by atoms with Crippen LogP contribution in [0.5, 0.6) is 11.5 Å². The number of halogens is 1. The maximum Gasteiger partial charge on any atom is 0.255 e. The van der Waals surface area contributed by atoms with Crippen LogP contribution in [-0.4, -0.2) is 50.8 Å². The van der Waals surface area contributed by atoms with E-state index in [2.05, 4.69) is 14.9 Å². The summed E-state index contributed by atoms with van der Waals surface area (Å²) in [6.45, 7) is 2.32. The smallest absolute Gasteiger partial charge is 0.255 e. The van der Waals surface area contributed by atoms with Crippen molar-refractivity contribution in [1.82, 2.24) is 14.9 Å². The van der Waals surface area contributed by atoms with Crippen LogP contribution in [0.15, 0.2) is 36.7 Å². The van der Waals surface area contributed by atoms with Crippen molar-refractivity contribution in [3.63, 3.8) is 0 Å². The second-order valence-corrected chi connectivity index (χ2v) is 7.20. The van der Waals surface area contributed by atoms with Crippen molar-refractivity contribution in [1.29, 1.82) is 0 Å². The van der Waals surface area contributed by atoms with Crippen molar-refractivity contribution in [3.8, 4) is 11.5 Å². The minimum Gasteiger partial charge on any atom is -0.506 e. The van der Waals surface area contributed by atoms with Gasteiger partial charge in [-0.25, -0.2) is 4.98 Å². The molecular formula is C19H22FN3O3. The fraction of sp³-hybridized carbons (Fsp3) is 0.474. The summed E-state index contributed by atoms with van der Waals surface area (Å²) in [5.41, 5.74) is 0.563. The summed E-state index contributed by atoms with van der Waals surface area (Å²) in [4.78, 5) is 9.94. The second-order valence-electron chi connectivity index (χ2n) is 7.20. The summed E-state index contributed by atoms with van der Waals surface area (Å²) in [6, 6.07) is 6.46. The molecule has 0 aromatic carbocycles. The van der Waals surface area contributed by atoms with E-state index in [1.165, 1.54) is 18.5 Å². The lowest BCUT2D eigenvalue weighted by Gasteiger charge is -2.22. The second kappa shape index (κ2) is 7.17. The normalized spacial score (nSPS) is 26.6. The highest BCUT2D eigenvalue weighted by Crippen LogP contribution is 2.40. The predicted octanol–water partition coefficient (Wildman–Crippen LogP) is 2.14. The maximum atomic E-state index is 13.6. The molecule has 1 saturated heterocycles. The van der Waals surface area contributed by atoms with Gasteiger partial charge in [-0.05, 0) is 48.9 Å². The maximum absolute atomic E-state index is 13.6. The van der Waals surface area contributed by atoms with Gasteiger partial charge >= 0.3 is 0 Å². The summed E-state index contributed by atoms with van der Waals surface area (Å²) < 4.78 is 19.4. The molecule has 2 aliphatic rings. The van der Waals surface area contributed by atoms with Crippen LogP contribution in [0.1, 0.15) is 24.6 Å². The lowest BCUT2D eigenvalue weighted by molar-refractivity contribution is 0.112. The number of fused-ring (bicyclic) bond motifs is 1. The van der Waals surface area contributed by atoms with Crippen LogP contribution in [0.3, 0.4) is 0 Å². The summed E-state index contributed by atoms with van der Waals surface area (Å²) in [5, 5.41) is 19.6. The number of nitrogens with zero attached hydrogens (tertiary/aromatic N) is 3. The quantitative estimate of drug-likeness (QED) is 0.797. The van der Waals surface area contributed by atoms with Gasteiger partial charge in [-0.1, -0.05) is 0 Å². The Morgan fingerprint density at radius 2 is 1.96 bits per heavy atom. The predicted molar refractivity (Wildman–Crippen MR) is 92.1 cm³/mol. The molecule has 3 heterocycles. The fourth-order valence-corrected chi connectivity index (χ4v) is 4.16. The van der Waals surface area contributed by atoms with Crippen LogP contribution in [-0.2, 0) is 0 Å². The molecule has 7 heteroatoms. The van der Waals surface area contributed by atoms with Gasteiger partial charge < -0.3 is 14.9 Å². The standard InChI is InChI=1S/C19H22FN3O3/c20-19-18(2-1-5-21-19)26-15-6-12-9-23(10-13(12)7-15)11-17(25)16-4-3-14(24)8-22-16/h1-5,8,12-13,15,17,24-25H,6-7,9-11H2/t12-,13?,15+,17+/m1/s1. The molecule has 26 heavy (non-hydrogen) atoms. The van der Waals surface area contributed by atoms with Crippen molar-refractivity contribution in [3.05, 3.63) is 48.3 Å². The van der Waals surface area contributed by atoms with E-state index < -0.39 is 12.1 Å². The number of aliphatic hydroxyl groups is 1. The van der Waals surface area contributed by atoms with Gasteiger partial charge in [-0.2, -0.15) is 4.39 Å². The van der Waals surface area contributed by atoms with Crippen LogP contribution in [0.2, 0.25) is 0 Å². The molecule has 0 bridgehead atoms. The highest BCUT2D eigenvalue weighted by Gasteiger charge is 2.42. The lowest BCUT2D eigenvalue weighted by atomic mass is 10.0. The van der Waals surface area contributed by atoms with Crippen LogP contribution in [0, 0.1) is 17.8 Å². The molecule has 0 spiro atoms.